The number of alkyl halides is 1. The second-order valence-corrected chi connectivity index (χ2v) is 5.54. The Balaban J connectivity index is 1.88. The number of nitrogen functional groups attached to an aromatic ring is 1. The highest BCUT2D eigenvalue weighted by Crippen LogP contribution is 2.35. The van der Waals surface area contributed by atoms with E-state index in [1.54, 1.807) is 24.7 Å². The summed E-state index contributed by atoms with van der Waals surface area (Å²) >= 11 is 0. The summed E-state index contributed by atoms with van der Waals surface area (Å²) in [6.07, 6.45) is 2.81. The SMILES string of the molecule is Nc1nccc(-c2c[nH]c3nccc(N4CC(O)C(F)C4)c23)n1. The standard InChI is InChI=1S/C15H15FN6O/c16-9-6-22(7-12(9)23)11-2-4-18-14-13(11)8(5-20-14)10-1-3-19-15(17)21-10/h1-5,9,12,23H,6-7H2,(H,18,20)(H2,17,19,21). The molecule has 3 aromatic rings. The van der Waals surface area contributed by atoms with E-state index < -0.39 is 12.3 Å². The average Bonchev–Trinajstić information content (AvgIpc) is 3.11. The van der Waals surface area contributed by atoms with Crippen molar-refractivity contribution in [2.75, 3.05) is 23.7 Å². The third-order valence-corrected chi connectivity index (χ3v) is 4.06. The third kappa shape index (κ3) is 2.27. The maximum Gasteiger partial charge on any atom is 0.220 e. The van der Waals surface area contributed by atoms with E-state index in [4.69, 9.17) is 5.73 Å². The third-order valence-electron chi connectivity index (χ3n) is 4.06. The number of nitrogens with one attached hydrogen (secondary N) is 1. The number of aliphatic hydroxyl groups excluding tert-OH is 1. The number of nitrogens with two attached hydrogens (primary N) is 1. The number of anilines is 2. The molecule has 0 bridgehead atoms. The van der Waals surface area contributed by atoms with Gasteiger partial charge in [-0.3, -0.25) is 0 Å². The van der Waals surface area contributed by atoms with Crippen LogP contribution in [0.15, 0.2) is 30.7 Å². The quantitative estimate of drug-likeness (QED) is 0.655. The summed E-state index contributed by atoms with van der Waals surface area (Å²) in [4.78, 5) is 17.4. The molecule has 1 aliphatic rings. The number of aromatic nitrogens is 4. The first kappa shape index (κ1) is 13.9. The zero-order chi connectivity index (χ0) is 16.0. The van der Waals surface area contributed by atoms with E-state index in [1.165, 1.54) is 0 Å². The van der Waals surface area contributed by atoms with Gasteiger partial charge in [-0.05, 0) is 12.1 Å². The first-order chi connectivity index (χ1) is 11.1. The molecule has 23 heavy (non-hydrogen) atoms. The molecule has 2 unspecified atom stereocenters. The first-order valence-electron chi connectivity index (χ1n) is 7.25. The number of halogens is 1. The van der Waals surface area contributed by atoms with Crippen LogP contribution in [0.3, 0.4) is 0 Å². The molecule has 7 nitrogen and oxygen atoms in total. The van der Waals surface area contributed by atoms with E-state index in [9.17, 15) is 9.50 Å². The molecule has 1 aliphatic heterocycles. The van der Waals surface area contributed by atoms with Crippen LogP contribution in [-0.2, 0) is 0 Å². The van der Waals surface area contributed by atoms with Crippen molar-refractivity contribution in [2.45, 2.75) is 12.3 Å². The molecule has 0 saturated carbocycles. The van der Waals surface area contributed by atoms with E-state index in [0.29, 0.717) is 11.3 Å². The van der Waals surface area contributed by atoms with E-state index in [1.807, 2.05) is 11.0 Å². The highest BCUT2D eigenvalue weighted by atomic mass is 19.1. The predicted molar refractivity (Wildman–Crippen MR) is 84.6 cm³/mol. The summed E-state index contributed by atoms with van der Waals surface area (Å²) in [5, 5.41) is 10.5. The monoisotopic (exact) mass is 314 g/mol. The molecule has 8 heteroatoms. The molecule has 2 atom stereocenters. The smallest absolute Gasteiger partial charge is 0.220 e. The largest absolute Gasteiger partial charge is 0.388 e. The molecular formula is C15H15FN6O. The Kier molecular flexibility index (Phi) is 3.12. The van der Waals surface area contributed by atoms with Crippen molar-refractivity contribution < 1.29 is 9.50 Å². The van der Waals surface area contributed by atoms with Crippen molar-refractivity contribution >= 4 is 22.7 Å². The highest BCUT2D eigenvalue weighted by Gasteiger charge is 2.32. The van der Waals surface area contributed by atoms with Gasteiger partial charge in [-0.25, -0.2) is 19.3 Å². The van der Waals surface area contributed by atoms with Gasteiger partial charge in [0.2, 0.25) is 5.95 Å². The molecule has 0 radical (unpaired) electrons. The maximum atomic E-state index is 13.7. The molecular weight excluding hydrogens is 299 g/mol. The summed E-state index contributed by atoms with van der Waals surface area (Å²) in [6, 6.07) is 3.57. The Hall–Kier alpha value is -2.74. The lowest BCUT2D eigenvalue weighted by molar-refractivity contribution is 0.118. The normalized spacial score (nSPS) is 21.2. The molecule has 0 aliphatic carbocycles. The highest BCUT2D eigenvalue weighted by molar-refractivity contribution is 6.02. The van der Waals surface area contributed by atoms with Crippen LogP contribution in [0.1, 0.15) is 0 Å². The Morgan fingerprint density at radius 1 is 1.26 bits per heavy atom. The van der Waals surface area contributed by atoms with Gasteiger partial charge in [-0.1, -0.05) is 0 Å². The number of β-amino-alcohol motifs (C(OH)–C–C–N with tert-alkyl or cyclic N) is 1. The number of aromatic amines is 1. The van der Waals surface area contributed by atoms with Crippen molar-refractivity contribution in [3.63, 3.8) is 0 Å². The predicted octanol–water partition coefficient (Wildman–Crippen LogP) is 1.12. The molecule has 0 amide bonds. The number of hydrogen-bond donors (Lipinski definition) is 3. The zero-order valence-corrected chi connectivity index (χ0v) is 12.1. The maximum absolute atomic E-state index is 13.7. The van der Waals surface area contributed by atoms with Crippen LogP contribution in [0.4, 0.5) is 16.0 Å². The van der Waals surface area contributed by atoms with Gasteiger partial charge < -0.3 is 20.7 Å². The number of nitrogens with zero attached hydrogens (tertiary/aromatic N) is 4. The Morgan fingerprint density at radius 3 is 2.83 bits per heavy atom. The molecule has 1 saturated heterocycles. The fourth-order valence-corrected chi connectivity index (χ4v) is 2.97. The van der Waals surface area contributed by atoms with Gasteiger partial charge in [0.1, 0.15) is 17.9 Å². The number of H-pyrrole nitrogens is 1. The topological polar surface area (TPSA) is 104 Å². The molecule has 4 N–H and O–H groups in total. The van der Waals surface area contributed by atoms with E-state index >= 15 is 0 Å². The molecule has 3 aromatic heterocycles. The number of rotatable bonds is 2. The van der Waals surface area contributed by atoms with Crippen molar-refractivity contribution in [1.29, 1.82) is 0 Å². The molecule has 0 aromatic carbocycles. The Morgan fingerprint density at radius 2 is 2.09 bits per heavy atom. The second kappa shape index (κ2) is 5.17. The summed E-state index contributed by atoms with van der Waals surface area (Å²) < 4.78 is 13.7. The van der Waals surface area contributed by atoms with E-state index in [-0.39, 0.29) is 19.0 Å². The molecule has 0 spiro atoms. The molecule has 4 rings (SSSR count). The van der Waals surface area contributed by atoms with Gasteiger partial charge >= 0.3 is 0 Å². The zero-order valence-electron chi connectivity index (χ0n) is 12.1. The van der Waals surface area contributed by atoms with Crippen molar-refractivity contribution in [3.05, 3.63) is 30.7 Å². The van der Waals surface area contributed by atoms with Crippen LogP contribution in [0.5, 0.6) is 0 Å². The summed E-state index contributed by atoms with van der Waals surface area (Å²) in [5.41, 5.74) is 8.62. The van der Waals surface area contributed by atoms with Crippen LogP contribution in [0.25, 0.3) is 22.3 Å². The number of aliphatic hydroxyl groups is 1. The minimum Gasteiger partial charge on any atom is -0.388 e. The lowest BCUT2D eigenvalue weighted by Crippen LogP contribution is -2.21. The Bertz CT molecular complexity index is 856. The minimum absolute atomic E-state index is 0.150. The minimum atomic E-state index is -1.25. The van der Waals surface area contributed by atoms with Gasteiger partial charge in [-0.2, -0.15) is 0 Å². The fraction of sp³-hybridized carbons (Fsp3) is 0.267. The molecule has 1 fully saturated rings. The summed E-state index contributed by atoms with van der Waals surface area (Å²) in [5.74, 6) is 0.183. The van der Waals surface area contributed by atoms with E-state index in [0.717, 1.165) is 16.6 Å². The lowest BCUT2D eigenvalue weighted by Gasteiger charge is -2.19. The van der Waals surface area contributed by atoms with E-state index in [2.05, 4.69) is 19.9 Å². The van der Waals surface area contributed by atoms with Gasteiger partial charge in [0.15, 0.2) is 0 Å². The van der Waals surface area contributed by atoms with Gasteiger partial charge in [-0.15, -0.1) is 0 Å². The summed E-state index contributed by atoms with van der Waals surface area (Å²) in [6.45, 7) is 0.396. The van der Waals surface area contributed by atoms with Crippen LogP contribution < -0.4 is 10.6 Å². The number of fused-ring (bicyclic) bond motifs is 1. The van der Waals surface area contributed by atoms with Crippen LogP contribution in [0, 0.1) is 0 Å². The second-order valence-electron chi connectivity index (χ2n) is 5.54. The van der Waals surface area contributed by atoms with Crippen molar-refractivity contribution in [1.82, 2.24) is 19.9 Å². The lowest BCUT2D eigenvalue weighted by atomic mass is 10.1. The first-order valence-corrected chi connectivity index (χ1v) is 7.25. The molecule has 4 heterocycles. The Labute approximate surface area is 131 Å². The van der Waals surface area contributed by atoms with Gasteiger partial charge in [0.05, 0.1) is 23.3 Å². The average molecular weight is 314 g/mol. The van der Waals surface area contributed by atoms with Crippen LogP contribution in [-0.4, -0.2) is 50.4 Å². The van der Waals surface area contributed by atoms with Crippen molar-refractivity contribution in [2.24, 2.45) is 0 Å². The van der Waals surface area contributed by atoms with Crippen molar-refractivity contribution in [3.8, 4) is 11.3 Å². The van der Waals surface area contributed by atoms with Gasteiger partial charge in [0, 0.05) is 30.7 Å². The molecule has 118 valence electrons. The van der Waals surface area contributed by atoms with Crippen LogP contribution >= 0.6 is 0 Å². The number of hydrogen-bond acceptors (Lipinski definition) is 6. The van der Waals surface area contributed by atoms with Gasteiger partial charge in [0.25, 0.3) is 0 Å². The van der Waals surface area contributed by atoms with Crippen LogP contribution in [0.2, 0.25) is 0 Å². The summed E-state index contributed by atoms with van der Waals surface area (Å²) in [7, 11) is 0. The fourth-order valence-electron chi connectivity index (χ4n) is 2.97. The number of pyridine rings is 1.